The Morgan fingerprint density at radius 3 is 2.56 bits per heavy atom. The fraction of sp³-hybridized carbons (Fsp3) is 0.353. The number of nitrogens with zero attached hydrogens (tertiary/aromatic N) is 3. The van der Waals surface area contributed by atoms with E-state index in [1.165, 1.54) is 18.3 Å². The molecule has 0 bridgehead atoms. The lowest BCUT2D eigenvalue weighted by molar-refractivity contribution is -0.121. The Kier molecular flexibility index (Phi) is 4.44. The summed E-state index contributed by atoms with van der Waals surface area (Å²) in [6, 6.07) is 6.07. The monoisotopic (exact) mass is 389 g/mol. The van der Waals surface area contributed by atoms with Crippen LogP contribution in [0.2, 0.25) is 0 Å². The fourth-order valence-electron chi connectivity index (χ4n) is 3.42. The number of carbonyl (C=O) groups is 1. The Morgan fingerprint density at radius 2 is 1.89 bits per heavy atom. The predicted octanol–water partition coefficient (Wildman–Crippen LogP) is 1.54. The molecule has 0 radical (unpaired) electrons. The number of hydrogen-bond donors (Lipinski definition) is 2. The molecule has 0 atom stereocenters. The van der Waals surface area contributed by atoms with Crippen molar-refractivity contribution in [3.05, 3.63) is 30.5 Å². The number of nitrogens with one attached hydrogen (secondary N) is 1. The van der Waals surface area contributed by atoms with E-state index >= 15 is 0 Å². The predicted molar refractivity (Wildman–Crippen MR) is 98.4 cm³/mol. The zero-order chi connectivity index (χ0) is 19.0. The normalized spacial score (nSPS) is 17.5. The second-order valence-corrected chi connectivity index (χ2v) is 8.13. The molecule has 0 spiro atoms. The van der Waals surface area contributed by atoms with Gasteiger partial charge in [-0.15, -0.1) is 0 Å². The Balaban J connectivity index is 1.61. The molecule has 142 valence electrons. The first-order valence-electron chi connectivity index (χ1n) is 8.63. The zero-order valence-electron chi connectivity index (χ0n) is 14.5. The van der Waals surface area contributed by atoms with Gasteiger partial charge < -0.3 is 10.1 Å². The number of anilines is 3. The summed E-state index contributed by atoms with van der Waals surface area (Å²) in [6.07, 6.45) is 5.63. The molecule has 27 heavy (non-hydrogen) atoms. The molecular formula is C17H19N5O4S. The highest BCUT2D eigenvalue weighted by Gasteiger charge is 2.35. The molecule has 1 aliphatic heterocycles. The van der Waals surface area contributed by atoms with Gasteiger partial charge >= 0.3 is 0 Å². The number of sulfonamides is 1. The van der Waals surface area contributed by atoms with Gasteiger partial charge in [-0.3, -0.25) is 9.69 Å². The van der Waals surface area contributed by atoms with Crippen molar-refractivity contribution in [2.75, 3.05) is 16.8 Å². The van der Waals surface area contributed by atoms with Crippen molar-refractivity contribution >= 4 is 33.4 Å². The third-order valence-corrected chi connectivity index (χ3v) is 5.64. The van der Waals surface area contributed by atoms with E-state index in [4.69, 9.17) is 9.88 Å². The van der Waals surface area contributed by atoms with Gasteiger partial charge in [0, 0.05) is 11.7 Å². The van der Waals surface area contributed by atoms with Crippen LogP contribution in [0.3, 0.4) is 0 Å². The highest BCUT2D eigenvalue weighted by atomic mass is 32.2. The first kappa shape index (κ1) is 17.7. The Hall–Kier alpha value is -2.72. The molecule has 1 fully saturated rings. The van der Waals surface area contributed by atoms with Crippen molar-refractivity contribution in [3.63, 3.8) is 0 Å². The van der Waals surface area contributed by atoms with E-state index in [2.05, 4.69) is 15.3 Å². The molecule has 1 aromatic heterocycles. The molecule has 2 aromatic rings. The van der Waals surface area contributed by atoms with Crippen LogP contribution in [0.25, 0.3) is 0 Å². The minimum Gasteiger partial charge on any atom is -0.478 e. The Labute approximate surface area is 156 Å². The van der Waals surface area contributed by atoms with Gasteiger partial charge in [0.25, 0.3) is 5.91 Å². The molecule has 1 amide bonds. The zero-order valence-corrected chi connectivity index (χ0v) is 15.3. The first-order valence-corrected chi connectivity index (χ1v) is 10.2. The van der Waals surface area contributed by atoms with Crippen LogP contribution in [-0.4, -0.2) is 36.9 Å². The minimum atomic E-state index is -3.75. The highest BCUT2D eigenvalue weighted by Crippen LogP contribution is 2.36. The molecule has 0 saturated heterocycles. The van der Waals surface area contributed by atoms with Crippen LogP contribution in [0.15, 0.2) is 35.4 Å². The molecule has 2 aliphatic rings. The minimum absolute atomic E-state index is 0.00530. The van der Waals surface area contributed by atoms with Crippen LogP contribution in [-0.2, 0) is 14.8 Å². The van der Waals surface area contributed by atoms with Gasteiger partial charge in [-0.2, -0.15) is 4.98 Å². The summed E-state index contributed by atoms with van der Waals surface area (Å²) in [7, 11) is -3.75. The number of rotatable bonds is 4. The summed E-state index contributed by atoms with van der Waals surface area (Å²) in [5.41, 5.74) is 0.595. The van der Waals surface area contributed by atoms with Crippen LogP contribution in [0.4, 0.5) is 17.5 Å². The number of aromatic nitrogens is 2. The number of hydrogen-bond acceptors (Lipinski definition) is 7. The van der Waals surface area contributed by atoms with Crippen LogP contribution in [0.1, 0.15) is 25.7 Å². The number of amides is 1. The van der Waals surface area contributed by atoms with Gasteiger partial charge in [0.05, 0.1) is 11.1 Å². The number of primary sulfonamides is 1. The SMILES string of the molecule is NS(=O)(=O)c1ccc(Nc2ncc3c(n2)N(C2CCCC2)C(=O)CO3)cc1. The number of carbonyl (C=O) groups excluding carboxylic acids is 1. The summed E-state index contributed by atoms with van der Waals surface area (Å²) >= 11 is 0. The van der Waals surface area contributed by atoms with Gasteiger partial charge in [0.15, 0.2) is 18.2 Å². The number of nitrogens with two attached hydrogens (primary N) is 1. The smallest absolute Gasteiger partial charge is 0.266 e. The lowest BCUT2D eigenvalue weighted by Crippen LogP contribution is -2.45. The second-order valence-electron chi connectivity index (χ2n) is 6.57. The van der Waals surface area contributed by atoms with E-state index in [0.717, 1.165) is 25.7 Å². The van der Waals surface area contributed by atoms with Crippen LogP contribution >= 0.6 is 0 Å². The average molecular weight is 389 g/mol. The van der Waals surface area contributed by atoms with Gasteiger partial charge in [0.1, 0.15) is 0 Å². The van der Waals surface area contributed by atoms with Crippen molar-refractivity contribution < 1.29 is 17.9 Å². The topological polar surface area (TPSA) is 128 Å². The van der Waals surface area contributed by atoms with Crippen molar-refractivity contribution in [2.45, 2.75) is 36.6 Å². The molecule has 3 N–H and O–H groups in total. The average Bonchev–Trinajstić information content (AvgIpc) is 3.15. The van der Waals surface area contributed by atoms with Crippen LogP contribution in [0, 0.1) is 0 Å². The Morgan fingerprint density at radius 1 is 1.19 bits per heavy atom. The summed E-state index contributed by atoms with van der Waals surface area (Å²) in [4.78, 5) is 22.8. The lowest BCUT2D eigenvalue weighted by Gasteiger charge is -2.32. The molecule has 2 heterocycles. The number of fused-ring (bicyclic) bond motifs is 1. The van der Waals surface area contributed by atoms with E-state index in [0.29, 0.717) is 23.2 Å². The fourth-order valence-corrected chi connectivity index (χ4v) is 3.94. The molecule has 9 nitrogen and oxygen atoms in total. The molecule has 10 heteroatoms. The van der Waals surface area contributed by atoms with Gasteiger partial charge in [-0.05, 0) is 37.1 Å². The van der Waals surface area contributed by atoms with E-state index in [9.17, 15) is 13.2 Å². The van der Waals surface area contributed by atoms with E-state index in [1.807, 2.05) is 0 Å². The standard InChI is InChI=1S/C17H19N5O4S/c18-27(24,25)13-7-5-11(6-8-13)20-17-19-9-14-16(21-17)22(15(23)10-26-14)12-3-1-2-4-12/h5-9,12H,1-4,10H2,(H2,18,24,25)(H,19,20,21). The van der Waals surface area contributed by atoms with Crippen molar-refractivity contribution in [3.8, 4) is 5.75 Å². The molecule has 1 aliphatic carbocycles. The van der Waals surface area contributed by atoms with Gasteiger partial charge in [-0.1, -0.05) is 12.8 Å². The maximum absolute atomic E-state index is 12.4. The van der Waals surface area contributed by atoms with Crippen molar-refractivity contribution in [1.82, 2.24) is 9.97 Å². The largest absolute Gasteiger partial charge is 0.478 e. The van der Waals surface area contributed by atoms with E-state index in [-0.39, 0.29) is 23.5 Å². The third kappa shape index (κ3) is 3.58. The van der Waals surface area contributed by atoms with E-state index in [1.54, 1.807) is 17.0 Å². The molecule has 1 saturated carbocycles. The van der Waals surface area contributed by atoms with Crippen LogP contribution in [0.5, 0.6) is 5.75 Å². The van der Waals surface area contributed by atoms with Gasteiger partial charge in [-0.25, -0.2) is 18.5 Å². The van der Waals surface area contributed by atoms with E-state index < -0.39 is 10.0 Å². The quantitative estimate of drug-likeness (QED) is 0.812. The molecule has 1 aromatic carbocycles. The lowest BCUT2D eigenvalue weighted by atomic mass is 10.2. The number of benzene rings is 1. The van der Waals surface area contributed by atoms with Crippen molar-refractivity contribution in [2.24, 2.45) is 5.14 Å². The van der Waals surface area contributed by atoms with Crippen molar-refractivity contribution in [1.29, 1.82) is 0 Å². The summed E-state index contributed by atoms with van der Waals surface area (Å²) in [5, 5.41) is 8.11. The third-order valence-electron chi connectivity index (χ3n) is 4.71. The molecular weight excluding hydrogens is 370 g/mol. The van der Waals surface area contributed by atoms with Crippen LogP contribution < -0.4 is 20.1 Å². The maximum Gasteiger partial charge on any atom is 0.266 e. The first-order chi connectivity index (χ1) is 12.9. The highest BCUT2D eigenvalue weighted by molar-refractivity contribution is 7.89. The second kappa shape index (κ2) is 6.78. The number of ether oxygens (including phenoxy) is 1. The summed E-state index contributed by atoms with van der Waals surface area (Å²) in [5.74, 6) is 1.14. The van der Waals surface area contributed by atoms with Gasteiger partial charge in [0.2, 0.25) is 16.0 Å². The Bertz CT molecular complexity index is 971. The maximum atomic E-state index is 12.4. The summed E-state index contributed by atoms with van der Waals surface area (Å²) < 4.78 is 28.1. The molecule has 4 rings (SSSR count). The summed E-state index contributed by atoms with van der Waals surface area (Å²) in [6.45, 7) is -0.00530. The molecule has 0 unspecified atom stereocenters.